The number of halogens is 1. The molecule has 2 aromatic rings. The van der Waals surface area contributed by atoms with Crippen molar-refractivity contribution < 1.29 is 0 Å². The van der Waals surface area contributed by atoms with Crippen LogP contribution in [0.1, 0.15) is 11.3 Å². The molecule has 1 aromatic carbocycles. The fourth-order valence-electron chi connectivity index (χ4n) is 1.51. The minimum absolute atomic E-state index is 0.793. The van der Waals surface area contributed by atoms with Gasteiger partial charge >= 0.3 is 0 Å². The van der Waals surface area contributed by atoms with E-state index in [-0.39, 0.29) is 0 Å². The van der Waals surface area contributed by atoms with Crippen LogP contribution in [0.2, 0.25) is 5.02 Å². The van der Waals surface area contributed by atoms with E-state index in [0.29, 0.717) is 0 Å². The molecule has 1 nitrogen and oxygen atoms in total. The average molecular weight is 180 g/mol. The van der Waals surface area contributed by atoms with Gasteiger partial charge in [-0.2, -0.15) is 0 Å². The van der Waals surface area contributed by atoms with Gasteiger partial charge in [-0.3, -0.25) is 0 Å². The van der Waals surface area contributed by atoms with Crippen LogP contribution in [-0.2, 0) is 0 Å². The number of hydrogen-bond acceptors (Lipinski definition) is 0. The Morgan fingerprint density at radius 1 is 1.17 bits per heavy atom. The van der Waals surface area contributed by atoms with E-state index >= 15 is 0 Å². The maximum absolute atomic E-state index is 5.91. The Kier molecular flexibility index (Phi) is 1.62. The molecule has 1 aromatic heterocycles. The quantitative estimate of drug-likeness (QED) is 0.638. The van der Waals surface area contributed by atoms with Gasteiger partial charge in [-0.1, -0.05) is 11.6 Å². The fraction of sp³-hybridized carbons (Fsp3) is 0.200. The number of hydrogen-bond donors (Lipinski definition) is 1. The summed E-state index contributed by atoms with van der Waals surface area (Å²) in [6.45, 7) is 4.12. The SMILES string of the molecule is Cc1cc2c(C)cc(Cl)cc2[nH]1. The first-order chi connectivity index (χ1) is 5.66. The highest BCUT2D eigenvalue weighted by atomic mass is 35.5. The van der Waals surface area contributed by atoms with Crippen molar-refractivity contribution >= 4 is 22.5 Å². The Labute approximate surface area is 76.4 Å². The highest BCUT2D eigenvalue weighted by Crippen LogP contribution is 2.23. The van der Waals surface area contributed by atoms with Crippen molar-refractivity contribution in [1.29, 1.82) is 0 Å². The van der Waals surface area contributed by atoms with Gasteiger partial charge in [-0.25, -0.2) is 0 Å². The second-order valence-electron chi connectivity index (χ2n) is 3.14. The zero-order valence-corrected chi connectivity index (χ0v) is 7.87. The normalized spacial score (nSPS) is 10.9. The van der Waals surface area contributed by atoms with E-state index in [2.05, 4.69) is 18.0 Å². The standard InChI is InChI=1S/C10H10ClN/c1-6-3-8(11)5-10-9(6)4-7(2)12-10/h3-5,12H,1-2H3. The average Bonchev–Trinajstić information content (AvgIpc) is 2.29. The van der Waals surface area contributed by atoms with E-state index in [4.69, 9.17) is 11.6 Å². The molecule has 0 aliphatic rings. The predicted octanol–water partition coefficient (Wildman–Crippen LogP) is 3.44. The second kappa shape index (κ2) is 2.53. The number of fused-ring (bicyclic) bond motifs is 1. The Morgan fingerprint density at radius 3 is 2.67 bits per heavy atom. The van der Waals surface area contributed by atoms with E-state index in [1.165, 1.54) is 16.6 Å². The van der Waals surface area contributed by atoms with Crippen molar-refractivity contribution in [3.63, 3.8) is 0 Å². The van der Waals surface area contributed by atoms with Crippen molar-refractivity contribution in [3.8, 4) is 0 Å². The molecule has 0 radical (unpaired) electrons. The molecular formula is C10H10ClN. The van der Waals surface area contributed by atoms with E-state index in [1.54, 1.807) is 0 Å². The molecule has 2 rings (SSSR count). The van der Waals surface area contributed by atoms with Crippen LogP contribution in [-0.4, -0.2) is 4.98 Å². The third-order valence-corrected chi connectivity index (χ3v) is 2.26. The smallest absolute Gasteiger partial charge is 0.0473 e. The summed E-state index contributed by atoms with van der Waals surface area (Å²) in [6, 6.07) is 6.08. The number of H-pyrrole nitrogens is 1. The third kappa shape index (κ3) is 1.10. The van der Waals surface area contributed by atoms with Gasteiger partial charge in [-0.15, -0.1) is 0 Å². The molecule has 0 unspecified atom stereocenters. The van der Waals surface area contributed by atoms with Crippen LogP contribution in [0.25, 0.3) is 10.9 Å². The lowest BCUT2D eigenvalue weighted by molar-refractivity contribution is 1.30. The second-order valence-corrected chi connectivity index (χ2v) is 3.57. The van der Waals surface area contributed by atoms with Crippen molar-refractivity contribution in [3.05, 3.63) is 34.5 Å². The van der Waals surface area contributed by atoms with Gasteiger partial charge in [0.1, 0.15) is 0 Å². The number of rotatable bonds is 0. The number of aromatic amines is 1. The summed E-state index contributed by atoms with van der Waals surface area (Å²) in [5.74, 6) is 0. The van der Waals surface area contributed by atoms with Crippen LogP contribution < -0.4 is 0 Å². The number of nitrogens with one attached hydrogen (secondary N) is 1. The predicted molar refractivity (Wildman–Crippen MR) is 52.8 cm³/mol. The molecule has 0 atom stereocenters. The van der Waals surface area contributed by atoms with Crippen molar-refractivity contribution in [2.75, 3.05) is 0 Å². The molecule has 62 valence electrons. The van der Waals surface area contributed by atoms with Crippen molar-refractivity contribution in [2.45, 2.75) is 13.8 Å². The zero-order chi connectivity index (χ0) is 8.72. The Balaban J connectivity index is 2.88. The van der Waals surface area contributed by atoms with Crippen LogP contribution >= 0.6 is 11.6 Å². The molecule has 1 heterocycles. The Bertz CT molecular complexity index is 429. The molecule has 2 heteroatoms. The summed E-state index contributed by atoms with van der Waals surface area (Å²) >= 11 is 5.91. The van der Waals surface area contributed by atoms with Crippen molar-refractivity contribution in [1.82, 2.24) is 4.98 Å². The minimum Gasteiger partial charge on any atom is -0.359 e. The first-order valence-electron chi connectivity index (χ1n) is 3.92. The zero-order valence-electron chi connectivity index (χ0n) is 7.11. The van der Waals surface area contributed by atoms with Crippen LogP contribution in [0, 0.1) is 13.8 Å². The lowest BCUT2D eigenvalue weighted by Crippen LogP contribution is -1.74. The third-order valence-electron chi connectivity index (χ3n) is 2.04. The molecule has 0 saturated carbocycles. The van der Waals surface area contributed by atoms with Crippen LogP contribution in [0.5, 0.6) is 0 Å². The van der Waals surface area contributed by atoms with Crippen molar-refractivity contribution in [2.24, 2.45) is 0 Å². The molecule has 0 aliphatic carbocycles. The van der Waals surface area contributed by atoms with Gasteiger partial charge in [0.15, 0.2) is 0 Å². The van der Waals surface area contributed by atoms with Gasteiger partial charge in [-0.05, 0) is 37.6 Å². The number of aryl methyl sites for hydroxylation is 2. The lowest BCUT2D eigenvalue weighted by Gasteiger charge is -1.96. The first-order valence-corrected chi connectivity index (χ1v) is 4.30. The topological polar surface area (TPSA) is 15.8 Å². The summed E-state index contributed by atoms with van der Waals surface area (Å²) in [5, 5.41) is 2.05. The minimum atomic E-state index is 0.793. The summed E-state index contributed by atoms with van der Waals surface area (Å²) in [6.07, 6.45) is 0. The van der Waals surface area contributed by atoms with Gasteiger partial charge in [0, 0.05) is 21.6 Å². The maximum Gasteiger partial charge on any atom is 0.0473 e. The molecule has 0 saturated heterocycles. The molecular weight excluding hydrogens is 170 g/mol. The van der Waals surface area contributed by atoms with Gasteiger partial charge in [0.05, 0.1) is 0 Å². The van der Waals surface area contributed by atoms with E-state index in [9.17, 15) is 0 Å². The largest absolute Gasteiger partial charge is 0.359 e. The highest BCUT2D eigenvalue weighted by molar-refractivity contribution is 6.31. The Hall–Kier alpha value is -0.950. The lowest BCUT2D eigenvalue weighted by atomic mass is 10.1. The summed E-state index contributed by atoms with van der Waals surface area (Å²) < 4.78 is 0. The highest BCUT2D eigenvalue weighted by Gasteiger charge is 2.01. The molecule has 0 amide bonds. The summed E-state index contributed by atoms with van der Waals surface area (Å²) in [7, 11) is 0. The summed E-state index contributed by atoms with van der Waals surface area (Å²) in [5.41, 5.74) is 3.52. The van der Waals surface area contributed by atoms with Gasteiger partial charge in [0.25, 0.3) is 0 Å². The molecule has 12 heavy (non-hydrogen) atoms. The van der Waals surface area contributed by atoms with Gasteiger partial charge < -0.3 is 4.98 Å². The Morgan fingerprint density at radius 2 is 1.92 bits per heavy atom. The summed E-state index contributed by atoms with van der Waals surface area (Å²) in [4.78, 5) is 3.26. The van der Waals surface area contributed by atoms with Crippen LogP contribution in [0.15, 0.2) is 18.2 Å². The number of benzene rings is 1. The van der Waals surface area contributed by atoms with E-state index < -0.39 is 0 Å². The van der Waals surface area contributed by atoms with Crippen LogP contribution in [0.3, 0.4) is 0 Å². The molecule has 0 bridgehead atoms. The number of aromatic nitrogens is 1. The van der Waals surface area contributed by atoms with Crippen LogP contribution in [0.4, 0.5) is 0 Å². The van der Waals surface area contributed by atoms with Gasteiger partial charge in [0.2, 0.25) is 0 Å². The maximum atomic E-state index is 5.91. The molecule has 0 spiro atoms. The monoisotopic (exact) mass is 179 g/mol. The molecule has 0 aliphatic heterocycles. The van der Waals surface area contributed by atoms with E-state index in [0.717, 1.165) is 10.5 Å². The fourth-order valence-corrected chi connectivity index (χ4v) is 1.79. The first kappa shape index (κ1) is 7.69. The van der Waals surface area contributed by atoms with E-state index in [1.807, 2.05) is 19.1 Å². The molecule has 1 N–H and O–H groups in total. The molecule has 0 fully saturated rings.